The third-order valence-electron chi connectivity index (χ3n) is 3.39. The largest absolute Gasteiger partial charge is 0.445 e. The number of hydrogen-bond acceptors (Lipinski definition) is 3. The van der Waals surface area contributed by atoms with Gasteiger partial charge in [0.15, 0.2) is 0 Å². The highest BCUT2D eigenvalue weighted by Crippen LogP contribution is 2.25. The monoisotopic (exact) mass is 246 g/mol. The van der Waals surface area contributed by atoms with Crippen molar-refractivity contribution in [1.82, 2.24) is 10.2 Å². The number of carbonyl (C=O) groups is 2. The van der Waals surface area contributed by atoms with Crippen LogP contribution in [0.5, 0.6) is 0 Å². The average Bonchev–Trinajstić information content (AvgIpc) is 2.96. The molecule has 0 aromatic heterocycles. The molecule has 2 bridgehead atoms. The van der Waals surface area contributed by atoms with Crippen molar-refractivity contribution < 1.29 is 14.3 Å². The molecule has 1 aromatic carbocycles. The second-order valence-electron chi connectivity index (χ2n) is 4.65. The van der Waals surface area contributed by atoms with Crippen LogP contribution < -0.4 is 5.32 Å². The Morgan fingerprint density at radius 2 is 2.17 bits per heavy atom. The van der Waals surface area contributed by atoms with E-state index in [0.717, 1.165) is 5.56 Å². The molecule has 0 spiro atoms. The highest BCUT2D eigenvalue weighted by Gasteiger charge is 2.46. The Bertz CT molecular complexity index is 474. The molecule has 0 aliphatic carbocycles. The summed E-state index contributed by atoms with van der Waals surface area (Å²) in [5.74, 6) is -0.0667. The molecule has 2 aliphatic rings. The Hall–Kier alpha value is -2.04. The summed E-state index contributed by atoms with van der Waals surface area (Å²) in [5.41, 5.74) is 0.944. The topological polar surface area (TPSA) is 58.6 Å². The molecule has 5 nitrogen and oxygen atoms in total. The van der Waals surface area contributed by atoms with Crippen LogP contribution in [0.15, 0.2) is 30.3 Å². The van der Waals surface area contributed by atoms with E-state index < -0.39 is 6.09 Å². The molecule has 94 valence electrons. The number of rotatable bonds is 2. The van der Waals surface area contributed by atoms with Crippen molar-refractivity contribution >= 4 is 12.0 Å². The van der Waals surface area contributed by atoms with Crippen LogP contribution in [0.4, 0.5) is 4.79 Å². The maximum absolute atomic E-state index is 11.9. The van der Waals surface area contributed by atoms with E-state index >= 15 is 0 Å². The number of amides is 2. The smallest absolute Gasteiger partial charge is 0.410 e. The molecule has 1 N–H and O–H groups in total. The third-order valence-corrected chi connectivity index (χ3v) is 3.39. The van der Waals surface area contributed by atoms with Crippen LogP contribution in [0.25, 0.3) is 0 Å². The van der Waals surface area contributed by atoms with Gasteiger partial charge in [-0.2, -0.15) is 0 Å². The first-order valence-electron chi connectivity index (χ1n) is 6.02. The number of carbonyl (C=O) groups excluding carboxylic acids is 2. The van der Waals surface area contributed by atoms with Crippen LogP contribution >= 0.6 is 0 Å². The summed E-state index contributed by atoms with van der Waals surface area (Å²) < 4.78 is 5.22. The lowest BCUT2D eigenvalue weighted by Crippen LogP contribution is -2.50. The fourth-order valence-electron chi connectivity index (χ4n) is 2.49. The number of fused-ring (bicyclic) bond motifs is 2. The molecule has 5 heteroatoms. The highest BCUT2D eigenvalue weighted by molar-refractivity contribution is 5.89. The zero-order valence-electron chi connectivity index (χ0n) is 9.83. The van der Waals surface area contributed by atoms with Crippen LogP contribution in [-0.2, 0) is 16.1 Å². The minimum atomic E-state index is -0.402. The van der Waals surface area contributed by atoms with Gasteiger partial charge in [0.2, 0.25) is 5.91 Å². The predicted molar refractivity (Wildman–Crippen MR) is 63.7 cm³/mol. The number of nitrogens with zero attached hydrogens (tertiary/aromatic N) is 1. The van der Waals surface area contributed by atoms with Crippen LogP contribution in [0.3, 0.4) is 0 Å². The molecule has 0 radical (unpaired) electrons. The van der Waals surface area contributed by atoms with Gasteiger partial charge in [0.05, 0.1) is 0 Å². The molecule has 3 rings (SSSR count). The van der Waals surface area contributed by atoms with Crippen LogP contribution in [0.2, 0.25) is 0 Å². The number of piperazine rings is 1. The fraction of sp³-hybridized carbons (Fsp3) is 0.385. The normalized spacial score (nSPS) is 25.1. The zero-order valence-corrected chi connectivity index (χ0v) is 9.83. The second-order valence-corrected chi connectivity index (χ2v) is 4.65. The third kappa shape index (κ3) is 1.92. The van der Waals surface area contributed by atoms with Gasteiger partial charge in [0.25, 0.3) is 0 Å². The first kappa shape index (κ1) is 11.1. The number of hydrogen-bond donors (Lipinski definition) is 1. The summed E-state index contributed by atoms with van der Waals surface area (Å²) in [7, 11) is 0. The van der Waals surface area contributed by atoms with Crippen LogP contribution in [0, 0.1) is 0 Å². The standard InChI is InChI=1S/C13H14N2O3/c16-12-11-6-10(14-12)7-15(11)13(17)18-8-9-4-2-1-3-5-9/h1-5,10-11H,6-8H2,(H,14,16)/t10-,11-/m0/s1. The Balaban J connectivity index is 1.58. The van der Waals surface area contributed by atoms with Crippen LogP contribution in [0.1, 0.15) is 12.0 Å². The zero-order chi connectivity index (χ0) is 12.5. The maximum Gasteiger partial charge on any atom is 0.410 e. The second kappa shape index (κ2) is 4.33. The molecule has 0 unspecified atom stereocenters. The van der Waals surface area contributed by atoms with E-state index in [1.54, 1.807) is 0 Å². The van der Waals surface area contributed by atoms with Crippen molar-refractivity contribution in [2.75, 3.05) is 6.54 Å². The van der Waals surface area contributed by atoms with Crippen molar-refractivity contribution in [3.63, 3.8) is 0 Å². The number of benzene rings is 1. The summed E-state index contributed by atoms with van der Waals surface area (Å²) >= 11 is 0. The van der Waals surface area contributed by atoms with Gasteiger partial charge in [-0.25, -0.2) is 4.79 Å². The molecule has 2 saturated heterocycles. The molecule has 1 aromatic rings. The van der Waals surface area contributed by atoms with Gasteiger partial charge in [-0.1, -0.05) is 30.3 Å². The molecule has 0 saturated carbocycles. The minimum absolute atomic E-state index is 0.0667. The first-order chi connectivity index (χ1) is 8.74. The van der Waals surface area contributed by atoms with Gasteiger partial charge in [0.1, 0.15) is 12.6 Å². The Labute approximate surface area is 105 Å². The lowest BCUT2D eigenvalue weighted by molar-refractivity contribution is -0.124. The number of ether oxygens (including phenoxy) is 1. The maximum atomic E-state index is 11.9. The summed E-state index contributed by atoms with van der Waals surface area (Å²) in [4.78, 5) is 24.9. The first-order valence-corrected chi connectivity index (χ1v) is 6.02. The number of nitrogens with one attached hydrogen (secondary N) is 1. The fourth-order valence-corrected chi connectivity index (χ4v) is 2.49. The van der Waals surface area contributed by atoms with Gasteiger partial charge < -0.3 is 10.1 Å². The van der Waals surface area contributed by atoms with Crippen molar-refractivity contribution in [3.8, 4) is 0 Å². The van der Waals surface area contributed by atoms with E-state index in [-0.39, 0.29) is 24.6 Å². The van der Waals surface area contributed by atoms with E-state index in [4.69, 9.17) is 4.74 Å². The van der Waals surface area contributed by atoms with E-state index in [2.05, 4.69) is 5.32 Å². The SMILES string of the molecule is O=C1N[C@H]2C[C@@H]1N(C(=O)OCc1ccccc1)C2. The average molecular weight is 246 g/mol. The number of likely N-dealkylation sites (tertiary alicyclic amines) is 1. The summed E-state index contributed by atoms with van der Waals surface area (Å²) in [6.45, 7) is 0.805. The van der Waals surface area contributed by atoms with Gasteiger partial charge in [-0.3, -0.25) is 9.69 Å². The molecular weight excluding hydrogens is 232 g/mol. The van der Waals surface area contributed by atoms with Crippen LogP contribution in [-0.4, -0.2) is 35.5 Å². The van der Waals surface area contributed by atoms with E-state index in [1.807, 2.05) is 30.3 Å². The van der Waals surface area contributed by atoms with E-state index in [1.165, 1.54) is 4.90 Å². The summed E-state index contributed by atoms with van der Waals surface area (Å²) in [6, 6.07) is 9.27. The Morgan fingerprint density at radius 3 is 2.83 bits per heavy atom. The molecular formula is C13H14N2O3. The van der Waals surface area contributed by atoms with Gasteiger partial charge in [-0.05, 0) is 12.0 Å². The quantitative estimate of drug-likeness (QED) is 0.843. The lowest BCUT2D eigenvalue weighted by Gasteiger charge is -2.25. The van der Waals surface area contributed by atoms with Crippen molar-refractivity contribution in [2.45, 2.75) is 25.1 Å². The molecule has 2 heterocycles. The van der Waals surface area contributed by atoms with Gasteiger partial charge in [0, 0.05) is 12.6 Å². The molecule has 2 amide bonds. The molecule has 18 heavy (non-hydrogen) atoms. The van der Waals surface area contributed by atoms with Crippen molar-refractivity contribution in [2.24, 2.45) is 0 Å². The van der Waals surface area contributed by atoms with E-state index in [9.17, 15) is 9.59 Å². The Morgan fingerprint density at radius 1 is 1.39 bits per heavy atom. The highest BCUT2D eigenvalue weighted by atomic mass is 16.6. The molecule has 2 fully saturated rings. The van der Waals surface area contributed by atoms with Gasteiger partial charge in [-0.15, -0.1) is 0 Å². The molecule has 2 aliphatic heterocycles. The molecule has 2 atom stereocenters. The lowest BCUT2D eigenvalue weighted by atomic mass is 10.2. The van der Waals surface area contributed by atoms with E-state index in [0.29, 0.717) is 13.0 Å². The van der Waals surface area contributed by atoms with Crippen molar-refractivity contribution in [1.29, 1.82) is 0 Å². The van der Waals surface area contributed by atoms with Gasteiger partial charge >= 0.3 is 6.09 Å². The minimum Gasteiger partial charge on any atom is -0.445 e. The summed E-state index contributed by atoms with van der Waals surface area (Å²) in [6.07, 6.45) is 0.306. The Kier molecular flexibility index (Phi) is 2.66. The summed E-state index contributed by atoms with van der Waals surface area (Å²) in [5, 5.41) is 2.82. The van der Waals surface area contributed by atoms with Crippen molar-refractivity contribution in [3.05, 3.63) is 35.9 Å². The predicted octanol–water partition coefficient (Wildman–Crippen LogP) is 0.896.